The van der Waals surface area contributed by atoms with E-state index in [0.29, 0.717) is 15.0 Å². The molecule has 1 saturated heterocycles. The van der Waals surface area contributed by atoms with E-state index in [1.54, 1.807) is 18.1 Å². The molecule has 2 aromatic carbocycles. The zero-order chi connectivity index (χ0) is 16.4. The minimum atomic E-state index is -0.102. The standard InChI is InChI=1S/C18H15NO2S2/c1-12-5-3-6-13(9-12)10-16-17(20)19(18(22)23-16)14-7-4-8-15(11-14)21-2/h3-11H,1-2H3/b16-10+. The lowest BCUT2D eigenvalue weighted by atomic mass is 10.1. The molecule has 0 aromatic heterocycles. The van der Waals surface area contributed by atoms with Crippen molar-refractivity contribution >= 4 is 46.0 Å². The molecule has 116 valence electrons. The lowest BCUT2D eigenvalue weighted by Crippen LogP contribution is -2.27. The van der Waals surface area contributed by atoms with Gasteiger partial charge in [0, 0.05) is 6.07 Å². The van der Waals surface area contributed by atoms with Crippen LogP contribution in [0.4, 0.5) is 5.69 Å². The Morgan fingerprint density at radius 1 is 1.17 bits per heavy atom. The molecule has 0 spiro atoms. The van der Waals surface area contributed by atoms with Crippen molar-refractivity contribution in [3.8, 4) is 5.75 Å². The van der Waals surface area contributed by atoms with Crippen LogP contribution in [0.15, 0.2) is 53.4 Å². The maximum Gasteiger partial charge on any atom is 0.270 e. The second kappa shape index (κ2) is 6.56. The summed E-state index contributed by atoms with van der Waals surface area (Å²) in [4.78, 5) is 14.9. The molecule has 5 heteroatoms. The quantitative estimate of drug-likeness (QED) is 0.611. The summed E-state index contributed by atoms with van der Waals surface area (Å²) < 4.78 is 5.75. The van der Waals surface area contributed by atoms with Crippen molar-refractivity contribution in [3.63, 3.8) is 0 Å². The van der Waals surface area contributed by atoms with Gasteiger partial charge in [0.25, 0.3) is 5.91 Å². The first kappa shape index (κ1) is 15.8. The third-order valence-electron chi connectivity index (χ3n) is 3.45. The molecular formula is C18H15NO2S2. The minimum absolute atomic E-state index is 0.102. The van der Waals surface area contributed by atoms with Gasteiger partial charge in [0.1, 0.15) is 5.75 Å². The van der Waals surface area contributed by atoms with Crippen LogP contribution in [-0.4, -0.2) is 17.3 Å². The predicted octanol–water partition coefficient (Wildman–Crippen LogP) is 4.41. The number of methoxy groups -OCH3 is 1. The first-order chi connectivity index (χ1) is 11.1. The minimum Gasteiger partial charge on any atom is -0.497 e. The van der Waals surface area contributed by atoms with E-state index in [9.17, 15) is 4.79 Å². The fourth-order valence-corrected chi connectivity index (χ4v) is 3.65. The summed E-state index contributed by atoms with van der Waals surface area (Å²) in [6.07, 6.45) is 1.88. The zero-order valence-electron chi connectivity index (χ0n) is 12.8. The smallest absolute Gasteiger partial charge is 0.270 e. The van der Waals surface area contributed by atoms with Crippen molar-refractivity contribution in [1.29, 1.82) is 0 Å². The molecule has 1 aliphatic heterocycles. The molecule has 0 saturated carbocycles. The summed E-state index contributed by atoms with van der Waals surface area (Å²) in [7, 11) is 1.60. The van der Waals surface area contributed by atoms with Crippen LogP contribution in [0.2, 0.25) is 0 Å². The van der Waals surface area contributed by atoms with Crippen LogP contribution >= 0.6 is 24.0 Å². The summed E-state index contributed by atoms with van der Waals surface area (Å²) in [6.45, 7) is 2.03. The van der Waals surface area contributed by atoms with Gasteiger partial charge in [-0.3, -0.25) is 9.69 Å². The van der Waals surface area contributed by atoms with E-state index < -0.39 is 0 Å². The van der Waals surface area contributed by atoms with Gasteiger partial charge in [0.05, 0.1) is 17.7 Å². The van der Waals surface area contributed by atoms with E-state index in [0.717, 1.165) is 16.8 Å². The first-order valence-electron chi connectivity index (χ1n) is 7.07. The predicted molar refractivity (Wildman–Crippen MR) is 99.8 cm³/mol. The Kier molecular flexibility index (Phi) is 4.50. The number of amides is 1. The number of nitrogens with zero attached hydrogens (tertiary/aromatic N) is 1. The fourth-order valence-electron chi connectivity index (χ4n) is 2.35. The molecule has 1 fully saturated rings. The fraction of sp³-hybridized carbons (Fsp3) is 0.111. The normalized spacial score (nSPS) is 16.3. The van der Waals surface area contributed by atoms with Crippen LogP contribution in [-0.2, 0) is 4.79 Å². The van der Waals surface area contributed by atoms with Crippen LogP contribution in [0.25, 0.3) is 6.08 Å². The highest BCUT2D eigenvalue weighted by Gasteiger charge is 2.33. The number of benzene rings is 2. The SMILES string of the molecule is COc1cccc(N2C(=O)/C(=C\c3cccc(C)c3)SC2=S)c1. The van der Waals surface area contributed by atoms with Gasteiger partial charge in [-0.15, -0.1) is 0 Å². The average Bonchev–Trinajstić information content (AvgIpc) is 2.81. The lowest BCUT2D eigenvalue weighted by Gasteiger charge is -2.15. The number of carbonyl (C=O) groups excluding carboxylic acids is 1. The van der Waals surface area contributed by atoms with Crippen LogP contribution in [0.1, 0.15) is 11.1 Å². The number of hydrogen-bond acceptors (Lipinski definition) is 4. The molecule has 1 aliphatic rings. The zero-order valence-corrected chi connectivity index (χ0v) is 14.4. The third kappa shape index (κ3) is 3.30. The number of rotatable bonds is 3. The molecule has 0 unspecified atom stereocenters. The Morgan fingerprint density at radius 3 is 2.70 bits per heavy atom. The van der Waals surface area contributed by atoms with Gasteiger partial charge in [0.2, 0.25) is 0 Å². The molecule has 3 rings (SSSR count). The number of anilines is 1. The topological polar surface area (TPSA) is 29.5 Å². The maximum atomic E-state index is 12.7. The Balaban J connectivity index is 1.93. The molecule has 1 heterocycles. The van der Waals surface area contributed by atoms with E-state index in [1.807, 2.05) is 55.5 Å². The molecule has 0 atom stereocenters. The van der Waals surface area contributed by atoms with Gasteiger partial charge in [-0.25, -0.2) is 0 Å². The molecule has 0 bridgehead atoms. The lowest BCUT2D eigenvalue weighted by molar-refractivity contribution is -0.113. The van der Waals surface area contributed by atoms with Crippen LogP contribution in [0.5, 0.6) is 5.75 Å². The Labute approximate surface area is 144 Å². The highest BCUT2D eigenvalue weighted by atomic mass is 32.2. The molecule has 0 N–H and O–H groups in total. The van der Waals surface area contributed by atoms with Crippen molar-refractivity contribution in [3.05, 3.63) is 64.6 Å². The number of ether oxygens (including phenoxy) is 1. The van der Waals surface area contributed by atoms with Crippen LogP contribution < -0.4 is 9.64 Å². The van der Waals surface area contributed by atoms with Gasteiger partial charge in [-0.1, -0.05) is 59.9 Å². The molecule has 2 aromatic rings. The Bertz CT molecular complexity index is 814. The molecule has 0 aliphatic carbocycles. The first-order valence-corrected chi connectivity index (χ1v) is 8.29. The van der Waals surface area contributed by atoms with Gasteiger partial charge in [-0.05, 0) is 30.7 Å². The van der Waals surface area contributed by atoms with Crippen molar-refractivity contribution in [2.24, 2.45) is 0 Å². The van der Waals surface area contributed by atoms with Gasteiger partial charge in [-0.2, -0.15) is 0 Å². The summed E-state index contributed by atoms with van der Waals surface area (Å²) in [5, 5.41) is 0. The average molecular weight is 341 g/mol. The van der Waals surface area contributed by atoms with Crippen molar-refractivity contribution in [2.45, 2.75) is 6.92 Å². The summed E-state index contributed by atoms with van der Waals surface area (Å²) >= 11 is 6.70. The van der Waals surface area contributed by atoms with E-state index in [2.05, 4.69) is 0 Å². The summed E-state index contributed by atoms with van der Waals surface area (Å²) in [5.41, 5.74) is 2.87. The van der Waals surface area contributed by atoms with Crippen LogP contribution in [0.3, 0.4) is 0 Å². The third-order valence-corrected chi connectivity index (χ3v) is 4.75. The molecule has 3 nitrogen and oxygen atoms in total. The van der Waals surface area contributed by atoms with E-state index in [4.69, 9.17) is 17.0 Å². The molecule has 1 amide bonds. The number of thiocarbonyl (C=S) groups is 1. The van der Waals surface area contributed by atoms with Crippen LogP contribution in [0, 0.1) is 6.92 Å². The number of hydrogen-bond donors (Lipinski definition) is 0. The largest absolute Gasteiger partial charge is 0.497 e. The molecular weight excluding hydrogens is 326 g/mol. The highest BCUT2D eigenvalue weighted by Crippen LogP contribution is 2.36. The number of aryl methyl sites for hydroxylation is 1. The van der Waals surface area contributed by atoms with E-state index in [1.165, 1.54) is 11.8 Å². The summed E-state index contributed by atoms with van der Waals surface area (Å²) in [5.74, 6) is 0.592. The Morgan fingerprint density at radius 2 is 1.96 bits per heavy atom. The number of thioether (sulfide) groups is 1. The van der Waals surface area contributed by atoms with Crippen molar-refractivity contribution in [2.75, 3.05) is 12.0 Å². The van der Waals surface area contributed by atoms with Gasteiger partial charge >= 0.3 is 0 Å². The van der Waals surface area contributed by atoms with Gasteiger partial charge in [0.15, 0.2) is 4.32 Å². The second-order valence-electron chi connectivity index (χ2n) is 5.13. The highest BCUT2D eigenvalue weighted by molar-refractivity contribution is 8.27. The molecule has 0 radical (unpaired) electrons. The van der Waals surface area contributed by atoms with Crippen molar-refractivity contribution in [1.82, 2.24) is 0 Å². The molecule has 23 heavy (non-hydrogen) atoms. The number of carbonyl (C=O) groups is 1. The van der Waals surface area contributed by atoms with Gasteiger partial charge < -0.3 is 4.74 Å². The monoisotopic (exact) mass is 341 g/mol. The maximum absolute atomic E-state index is 12.7. The summed E-state index contributed by atoms with van der Waals surface area (Å²) in [6, 6.07) is 15.4. The van der Waals surface area contributed by atoms with Crippen molar-refractivity contribution < 1.29 is 9.53 Å². The Hall–Kier alpha value is -2.11. The van der Waals surface area contributed by atoms with E-state index in [-0.39, 0.29) is 5.91 Å². The van der Waals surface area contributed by atoms with E-state index >= 15 is 0 Å². The second-order valence-corrected chi connectivity index (χ2v) is 6.81.